The van der Waals surface area contributed by atoms with E-state index >= 15 is 0 Å². The van der Waals surface area contributed by atoms with Crippen molar-refractivity contribution in [2.75, 3.05) is 13.7 Å². The zero-order valence-corrected chi connectivity index (χ0v) is 12.2. The van der Waals surface area contributed by atoms with Crippen LogP contribution in [0.1, 0.15) is 24.1 Å². The number of rotatable bonds is 5. The van der Waals surface area contributed by atoms with Gasteiger partial charge < -0.3 is 10.1 Å². The fourth-order valence-corrected chi connectivity index (χ4v) is 2.44. The van der Waals surface area contributed by atoms with Gasteiger partial charge in [-0.1, -0.05) is 36.7 Å². The maximum atomic E-state index is 13.2. The molecule has 0 saturated heterocycles. The highest BCUT2D eigenvalue weighted by Crippen LogP contribution is 2.30. The molecule has 106 valence electrons. The minimum absolute atomic E-state index is 0.0943. The Balaban J connectivity index is 2.44. The number of halogens is 2. The third kappa shape index (κ3) is 3.30. The van der Waals surface area contributed by atoms with E-state index < -0.39 is 0 Å². The Morgan fingerprint density at radius 2 is 2.05 bits per heavy atom. The second-order valence-corrected chi connectivity index (χ2v) is 4.84. The second-order valence-electron chi connectivity index (χ2n) is 4.43. The van der Waals surface area contributed by atoms with Crippen LogP contribution < -0.4 is 10.1 Å². The highest BCUT2D eigenvalue weighted by Gasteiger charge is 2.17. The summed E-state index contributed by atoms with van der Waals surface area (Å²) in [6.45, 7) is 2.79. The lowest BCUT2D eigenvalue weighted by atomic mass is 9.98. The Bertz CT molecular complexity index is 588. The molecule has 1 N–H and O–H groups in total. The highest BCUT2D eigenvalue weighted by atomic mass is 35.5. The number of ether oxygens (including phenoxy) is 1. The van der Waals surface area contributed by atoms with Gasteiger partial charge in [-0.15, -0.1) is 0 Å². The molecule has 0 amide bonds. The zero-order chi connectivity index (χ0) is 14.5. The Morgan fingerprint density at radius 1 is 1.25 bits per heavy atom. The first-order valence-electron chi connectivity index (χ1n) is 6.48. The van der Waals surface area contributed by atoms with E-state index in [1.165, 1.54) is 12.1 Å². The van der Waals surface area contributed by atoms with Crippen LogP contribution >= 0.6 is 11.6 Å². The summed E-state index contributed by atoms with van der Waals surface area (Å²) in [5.74, 6) is 0.447. The highest BCUT2D eigenvalue weighted by molar-refractivity contribution is 6.31. The van der Waals surface area contributed by atoms with Gasteiger partial charge in [-0.05, 0) is 41.9 Å². The third-order valence-electron chi connectivity index (χ3n) is 3.11. The minimum atomic E-state index is -0.334. The molecular weight excluding hydrogens is 277 g/mol. The maximum absolute atomic E-state index is 13.2. The molecule has 2 nitrogen and oxygen atoms in total. The summed E-state index contributed by atoms with van der Waals surface area (Å²) in [4.78, 5) is 0. The number of methoxy groups -OCH3 is 1. The first-order valence-corrected chi connectivity index (χ1v) is 6.85. The molecule has 0 aliphatic heterocycles. The van der Waals surface area contributed by atoms with Crippen molar-refractivity contribution >= 4 is 11.6 Å². The van der Waals surface area contributed by atoms with Crippen LogP contribution in [0.5, 0.6) is 5.75 Å². The van der Waals surface area contributed by atoms with Crippen LogP contribution in [-0.4, -0.2) is 13.7 Å². The van der Waals surface area contributed by atoms with E-state index in [1.807, 2.05) is 31.2 Å². The first kappa shape index (κ1) is 14.8. The molecule has 1 atom stereocenters. The lowest BCUT2D eigenvalue weighted by molar-refractivity contribution is 0.413. The summed E-state index contributed by atoms with van der Waals surface area (Å²) < 4.78 is 18.4. The molecule has 0 fully saturated rings. The van der Waals surface area contributed by atoms with Crippen molar-refractivity contribution in [1.29, 1.82) is 0 Å². The van der Waals surface area contributed by atoms with E-state index in [4.69, 9.17) is 16.3 Å². The molecule has 4 heteroatoms. The lowest BCUT2D eigenvalue weighted by Gasteiger charge is -2.20. The maximum Gasteiger partial charge on any atom is 0.124 e. The van der Waals surface area contributed by atoms with E-state index in [1.54, 1.807) is 13.2 Å². The summed E-state index contributed by atoms with van der Waals surface area (Å²) in [6.07, 6.45) is 0. The number of hydrogen-bond donors (Lipinski definition) is 1. The van der Waals surface area contributed by atoms with Gasteiger partial charge in [0.2, 0.25) is 0 Å². The normalized spacial score (nSPS) is 12.2. The molecule has 1 unspecified atom stereocenters. The van der Waals surface area contributed by atoms with Gasteiger partial charge in [0, 0.05) is 5.02 Å². The zero-order valence-electron chi connectivity index (χ0n) is 11.5. The van der Waals surface area contributed by atoms with E-state index in [-0.39, 0.29) is 11.9 Å². The molecule has 0 aliphatic carbocycles. The fourth-order valence-electron chi connectivity index (χ4n) is 2.17. The minimum Gasteiger partial charge on any atom is -0.497 e. The van der Waals surface area contributed by atoms with Gasteiger partial charge in [0.1, 0.15) is 11.6 Å². The van der Waals surface area contributed by atoms with Crippen molar-refractivity contribution in [1.82, 2.24) is 5.32 Å². The molecule has 0 saturated carbocycles. The summed E-state index contributed by atoms with van der Waals surface area (Å²) in [5.41, 5.74) is 1.88. The van der Waals surface area contributed by atoms with Crippen molar-refractivity contribution in [3.8, 4) is 5.75 Å². The predicted molar refractivity (Wildman–Crippen MR) is 79.9 cm³/mol. The molecule has 0 radical (unpaired) electrons. The quantitative estimate of drug-likeness (QED) is 0.892. The predicted octanol–water partition coefficient (Wildman–Crippen LogP) is 4.19. The largest absolute Gasteiger partial charge is 0.497 e. The number of hydrogen-bond acceptors (Lipinski definition) is 2. The van der Waals surface area contributed by atoms with Gasteiger partial charge in [0.05, 0.1) is 13.2 Å². The van der Waals surface area contributed by atoms with E-state index in [0.717, 1.165) is 23.4 Å². The van der Waals surface area contributed by atoms with E-state index in [2.05, 4.69) is 5.32 Å². The van der Waals surface area contributed by atoms with Crippen LogP contribution in [0.25, 0.3) is 0 Å². The lowest BCUT2D eigenvalue weighted by Crippen LogP contribution is -2.22. The van der Waals surface area contributed by atoms with Gasteiger partial charge in [0.15, 0.2) is 0 Å². The van der Waals surface area contributed by atoms with Crippen molar-refractivity contribution in [2.45, 2.75) is 13.0 Å². The molecule has 0 aromatic heterocycles. The van der Waals surface area contributed by atoms with Crippen LogP contribution in [0.2, 0.25) is 5.02 Å². The SMILES string of the molecule is CCNC(c1cccc(OC)c1)c1ccc(F)cc1Cl. The Labute approximate surface area is 123 Å². The summed E-state index contributed by atoms with van der Waals surface area (Å²) in [6, 6.07) is 12.1. The van der Waals surface area contributed by atoms with Crippen LogP contribution in [0.3, 0.4) is 0 Å². The third-order valence-corrected chi connectivity index (χ3v) is 3.44. The molecule has 20 heavy (non-hydrogen) atoms. The van der Waals surface area contributed by atoms with Crippen molar-refractivity contribution in [2.24, 2.45) is 0 Å². The van der Waals surface area contributed by atoms with Crippen LogP contribution in [-0.2, 0) is 0 Å². The molecule has 0 spiro atoms. The van der Waals surface area contributed by atoms with Crippen LogP contribution in [0.4, 0.5) is 4.39 Å². The summed E-state index contributed by atoms with van der Waals surface area (Å²) in [5, 5.41) is 3.78. The van der Waals surface area contributed by atoms with Crippen molar-refractivity contribution in [3.63, 3.8) is 0 Å². The average Bonchev–Trinajstić information content (AvgIpc) is 2.45. The molecule has 2 aromatic rings. The van der Waals surface area contributed by atoms with E-state index in [0.29, 0.717) is 5.02 Å². The second kappa shape index (κ2) is 6.73. The van der Waals surface area contributed by atoms with Gasteiger partial charge in [-0.3, -0.25) is 0 Å². The molecule has 0 bridgehead atoms. The van der Waals surface area contributed by atoms with Gasteiger partial charge in [-0.25, -0.2) is 4.39 Å². The number of benzene rings is 2. The first-order chi connectivity index (χ1) is 9.65. The van der Waals surface area contributed by atoms with Crippen molar-refractivity contribution in [3.05, 3.63) is 64.4 Å². The Kier molecular flexibility index (Phi) is 4.99. The number of nitrogens with one attached hydrogen (secondary N) is 1. The van der Waals surface area contributed by atoms with Crippen LogP contribution in [0, 0.1) is 5.82 Å². The standard InChI is InChI=1S/C16H17ClFNO/c1-3-19-16(11-5-4-6-13(9-11)20-2)14-8-7-12(18)10-15(14)17/h4-10,16,19H,3H2,1-2H3. The van der Waals surface area contributed by atoms with Crippen molar-refractivity contribution < 1.29 is 9.13 Å². The summed E-state index contributed by atoms with van der Waals surface area (Å²) in [7, 11) is 1.63. The molecule has 0 heterocycles. The monoisotopic (exact) mass is 293 g/mol. The van der Waals surface area contributed by atoms with E-state index in [9.17, 15) is 4.39 Å². The van der Waals surface area contributed by atoms with Gasteiger partial charge in [-0.2, -0.15) is 0 Å². The summed E-state index contributed by atoms with van der Waals surface area (Å²) >= 11 is 6.17. The van der Waals surface area contributed by atoms with Crippen LogP contribution in [0.15, 0.2) is 42.5 Å². The smallest absolute Gasteiger partial charge is 0.124 e. The fraction of sp³-hybridized carbons (Fsp3) is 0.250. The molecule has 2 aromatic carbocycles. The molecule has 0 aliphatic rings. The Morgan fingerprint density at radius 3 is 2.70 bits per heavy atom. The average molecular weight is 294 g/mol. The molecular formula is C16H17ClFNO. The topological polar surface area (TPSA) is 21.3 Å². The Hall–Kier alpha value is -1.58. The molecule has 2 rings (SSSR count). The van der Waals surface area contributed by atoms with Gasteiger partial charge in [0.25, 0.3) is 0 Å². The van der Waals surface area contributed by atoms with Gasteiger partial charge >= 0.3 is 0 Å².